The number of carbonyl (C=O) groups excluding carboxylic acids is 4. The van der Waals surface area contributed by atoms with Gasteiger partial charge < -0.3 is 30.7 Å². The first kappa shape index (κ1) is 42.2. The van der Waals surface area contributed by atoms with Crippen molar-refractivity contribution in [2.75, 3.05) is 42.8 Å². The molecule has 0 unspecified atom stereocenters. The van der Waals surface area contributed by atoms with Gasteiger partial charge in [-0.05, 0) is 102 Å². The predicted octanol–water partition coefficient (Wildman–Crippen LogP) is 7.01. The monoisotopic (exact) mass is 688 g/mol. The van der Waals surface area contributed by atoms with E-state index in [0.29, 0.717) is 39.0 Å². The van der Waals surface area contributed by atoms with E-state index < -0.39 is 23.4 Å². The van der Waals surface area contributed by atoms with Crippen molar-refractivity contribution in [2.24, 2.45) is 10.8 Å². The number of hydrogen-bond acceptors (Lipinski definition) is 8. The molecule has 1 aliphatic rings. The number of carbonyl (C=O) groups is 4. The normalized spacial score (nSPS) is 15.0. The number of hydrogen-bond donors (Lipinski definition) is 4. The lowest BCUT2D eigenvalue weighted by atomic mass is 9.71. The molecule has 0 atom stereocenters. The summed E-state index contributed by atoms with van der Waals surface area (Å²) in [5.74, 6) is 2.02. The van der Waals surface area contributed by atoms with E-state index in [1.165, 1.54) is 6.42 Å². The lowest BCUT2D eigenvalue weighted by molar-refractivity contribution is -0.124. The number of alkyl carbamates (subject to hydrolysis) is 2. The zero-order chi connectivity index (χ0) is 34.7. The summed E-state index contributed by atoms with van der Waals surface area (Å²) in [6.07, 6.45) is 8.55. The molecule has 1 saturated carbocycles. The summed E-state index contributed by atoms with van der Waals surface area (Å²) in [7, 11) is 0. The molecule has 4 amide bonds. The molecular weight excluding hydrogens is 625 g/mol. The van der Waals surface area contributed by atoms with Gasteiger partial charge in [-0.3, -0.25) is 9.59 Å². The van der Waals surface area contributed by atoms with Crippen LogP contribution in [-0.2, 0) is 19.1 Å². The number of thioether (sulfide) groups is 2. The van der Waals surface area contributed by atoms with Gasteiger partial charge in [0.1, 0.15) is 11.2 Å². The fourth-order valence-corrected chi connectivity index (χ4v) is 7.58. The van der Waals surface area contributed by atoms with E-state index in [-0.39, 0.29) is 22.6 Å². The minimum atomic E-state index is -0.555. The van der Waals surface area contributed by atoms with Crippen molar-refractivity contribution in [1.82, 2.24) is 21.3 Å². The summed E-state index contributed by atoms with van der Waals surface area (Å²) in [5, 5.41) is 12.9. The van der Waals surface area contributed by atoms with Gasteiger partial charge in [-0.1, -0.05) is 33.1 Å². The van der Waals surface area contributed by atoms with Gasteiger partial charge in [-0.25, -0.2) is 9.59 Å². The Bertz CT molecular complexity index is 926. The van der Waals surface area contributed by atoms with Gasteiger partial charge in [0.05, 0.1) is 0 Å². The molecule has 0 aromatic carbocycles. The predicted molar refractivity (Wildman–Crippen MR) is 191 cm³/mol. The Labute approximate surface area is 287 Å². The zero-order valence-electron chi connectivity index (χ0n) is 30.0. The van der Waals surface area contributed by atoms with Crippen LogP contribution in [0.2, 0.25) is 0 Å². The topological polar surface area (TPSA) is 135 Å². The molecule has 1 fully saturated rings. The summed E-state index contributed by atoms with van der Waals surface area (Å²) in [5.41, 5.74) is -1.58. The van der Waals surface area contributed by atoms with Crippen molar-refractivity contribution in [2.45, 2.75) is 137 Å². The third kappa shape index (κ3) is 19.8. The Morgan fingerprint density at radius 3 is 1.70 bits per heavy atom. The van der Waals surface area contributed by atoms with Crippen LogP contribution in [0.5, 0.6) is 0 Å². The second-order valence-corrected chi connectivity index (χ2v) is 17.2. The van der Waals surface area contributed by atoms with Crippen molar-refractivity contribution in [3.05, 3.63) is 0 Å². The highest BCUT2D eigenvalue weighted by molar-refractivity contribution is 8.15. The number of rotatable bonds is 20. The Morgan fingerprint density at radius 2 is 1.20 bits per heavy atom. The van der Waals surface area contributed by atoms with E-state index in [2.05, 4.69) is 35.1 Å². The molecule has 0 spiro atoms. The Morgan fingerprint density at radius 1 is 0.696 bits per heavy atom. The maximum absolute atomic E-state index is 12.8. The van der Waals surface area contributed by atoms with Crippen LogP contribution >= 0.6 is 23.5 Å². The highest BCUT2D eigenvalue weighted by Gasteiger charge is 2.35. The Hall–Kier alpha value is -1.82. The molecular formula is C34H64N4O6S2. The van der Waals surface area contributed by atoms with Gasteiger partial charge in [0.2, 0.25) is 11.8 Å². The van der Waals surface area contributed by atoms with Crippen LogP contribution in [0.1, 0.15) is 126 Å². The zero-order valence-corrected chi connectivity index (χ0v) is 31.6. The van der Waals surface area contributed by atoms with E-state index in [4.69, 9.17) is 9.47 Å². The molecule has 0 radical (unpaired) electrons. The SMILES string of the molecule is CCC(CC)(CNC(=O)OC(C)(C)C)CC(=O)NCCCSCSCCCNC(=O)CC1(CNC(=O)OC(C)(C)C)CCCCC1. The smallest absolute Gasteiger partial charge is 0.407 e. The largest absolute Gasteiger partial charge is 0.444 e. The highest BCUT2D eigenvalue weighted by Crippen LogP contribution is 2.39. The minimum absolute atomic E-state index is 0.0184. The minimum Gasteiger partial charge on any atom is -0.444 e. The molecule has 4 N–H and O–H groups in total. The van der Waals surface area contributed by atoms with Crippen molar-refractivity contribution in [3.63, 3.8) is 0 Å². The van der Waals surface area contributed by atoms with Crippen molar-refractivity contribution >= 4 is 47.5 Å². The average Bonchev–Trinajstić information content (AvgIpc) is 2.96. The van der Waals surface area contributed by atoms with Gasteiger partial charge >= 0.3 is 12.2 Å². The van der Waals surface area contributed by atoms with Crippen LogP contribution in [0.4, 0.5) is 9.59 Å². The standard InChI is InChI=1S/C34H64N4O6S2/c1-9-33(10-2,24-37-29(41)43-31(3,4)5)22-27(39)35-18-14-20-45-26-46-21-15-19-36-28(40)23-34(16-12-11-13-17-34)25-38-30(42)44-32(6,7)8/h9-26H2,1-8H3,(H,35,39)(H,36,40)(H,37,41)(H,38,42). The van der Waals surface area contributed by atoms with E-state index in [9.17, 15) is 19.2 Å². The van der Waals surface area contributed by atoms with Crippen LogP contribution in [0.15, 0.2) is 0 Å². The van der Waals surface area contributed by atoms with Crippen LogP contribution < -0.4 is 21.3 Å². The summed E-state index contributed by atoms with van der Waals surface area (Å²) >= 11 is 3.72. The van der Waals surface area contributed by atoms with Gasteiger partial charge in [0.15, 0.2) is 0 Å². The maximum atomic E-state index is 12.8. The number of amides is 4. The molecule has 0 heterocycles. The lowest BCUT2D eigenvalue weighted by Crippen LogP contribution is -2.44. The fourth-order valence-electron chi connectivity index (χ4n) is 5.47. The molecule has 46 heavy (non-hydrogen) atoms. The molecule has 0 saturated heterocycles. The van der Waals surface area contributed by atoms with E-state index in [1.54, 1.807) is 0 Å². The highest BCUT2D eigenvalue weighted by atomic mass is 32.2. The summed E-state index contributed by atoms with van der Waals surface area (Å²) < 4.78 is 10.7. The molecule has 10 nitrogen and oxygen atoms in total. The third-order valence-electron chi connectivity index (χ3n) is 8.24. The maximum Gasteiger partial charge on any atom is 0.407 e. The molecule has 268 valence electrons. The molecule has 1 aliphatic carbocycles. The molecule has 12 heteroatoms. The molecule has 1 rings (SSSR count). The van der Waals surface area contributed by atoms with Crippen LogP contribution in [0.25, 0.3) is 0 Å². The molecule has 0 aromatic rings. The van der Waals surface area contributed by atoms with E-state index in [0.717, 1.165) is 68.0 Å². The number of ether oxygens (including phenoxy) is 2. The fraction of sp³-hybridized carbons (Fsp3) is 0.882. The van der Waals surface area contributed by atoms with Crippen LogP contribution in [-0.4, -0.2) is 78.0 Å². The van der Waals surface area contributed by atoms with Gasteiger partial charge in [0.25, 0.3) is 0 Å². The van der Waals surface area contributed by atoms with Crippen LogP contribution in [0.3, 0.4) is 0 Å². The molecule has 0 bridgehead atoms. The molecule has 0 aliphatic heterocycles. The van der Waals surface area contributed by atoms with E-state index in [1.807, 2.05) is 65.1 Å². The molecule has 0 aromatic heterocycles. The summed E-state index contributed by atoms with van der Waals surface area (Å²) in [6, 6.07) is 0. The number of nitrogens with one attached hydrogen (secondary N) is 4. The lowest BCUT2D eigenvalue weighted by Gasteiger charge is -2.37. The van der Waals surface area contributed by atoms with Gasteiger partial charge in [-0.2, -0.15) is 23.5 Å². The van der Waals surface area contributed by atoms with Crippen LogP contribution in [0, 0.1) is 10.8 Å². The first-order valence-corrected chi connectivity index (χ1v) is 19.5. The van der Waals surface area contributed by atoms with Crippen molar-refractivity contribution in [1.29, 1.82) is 0 Å². The first-order valence-electron chi connectivity index (χ1n) is 17.2. The second kappa shape index (κ2) is 21.2. The average molecular weight is 689 g/mol. The Balaban J connectivity index is 2.19. The van der Waals surface area contributed by atoms with Crippen molar-refractivity contribution in [3.8, 4) is 0 Å². The van der Waals surface area contributed by atoms with Gasteiger partial charge in [0, 0.05) is 44.1 Å². The second-order valence-electron chi connectivity index (χ2n) is 14.7. The van der Waals surface area contributed by atoms with Gasteiger partial charge in [-0.15, -0.1) is 0 Å². The van der Waals surface area contributed by atoms with Crippen molar-refractivity contribution < 1.29 is 28.7 Å². The summed E-state index contributed by atoms with van der Waals surface area (Å²) in [4.78, 5) is 49.7. The van der Waals surface area contributed by atoms with E-state index >= 15 is 0 Å². The Kier molecular flexibility index (Phi) is 19.5. The third-order valence-corrected chi connectivity index (χ3v) is 10.7. The quantitative estimate of drug-likeness (QED) is 0.0793. The first-order chi connectivity index (χ1) is 21.5. The summed E-state index contributed by atoms with van der Waals surface area (Å²) in [6.45, 7) is 17.3.